The summed E-state index contributed by atoms with van der Waals surface area (Å²) in [4.78, 5) is 0. The molecule has 106 valence electrons. The summed E-state index contributed by atoms with van der Waals surface area (Å²) >= 11 is 3.31. The smallest absolute Gasteiger partial charge is 0.120 e. The van der Waals surface area contributed by atoms with Gasteiger partial charge in [-0.1, -0.05) is 41.1 Å². The third-order valence-electron chi connectivity index (χ3n) is 3.39. The Morgan fingerprint density at radius 2 is 1.90 bits per heavy atom. The quantitative estimate of drug-likeness (QED) is 0.887. The summed E-state index contributed by atoms with van der Waals surface area (Å²) in [5.41, 5.74) is 1.47. The molecule has 0 saturated heterocycles. The van der Waals surface area contributed by atoms with Gasteiger partial charge in [-0.2, -0.15) is 0 Å². The monoisotopic (exact) mass is 336 g/mol. The predicted octanol–water partition coefficient (Wildman–Crippen LogP) is 4.00. The highest BCUT2D eigenvalue weighted by Gasteiger charge is 2.21. The summed E-state index contributed by atoms with van der Waals surface area (Å²) in [5.74, 6) is 0.651. The summed E-state index contributed by atoms with van der Waals surface area (Å²) in [7, 11) is 1.59. The lowest BCUT2D eigenvalue weighted by Crippen LogP contribution is -2.08. The van der Waals surface area contributed by atoms with Crippen LogP contribution in [0.25, 0.3) is 0 Å². The molecule has 2 rings (SSSR count). The summed E-state index contributed by atoms with van der Waals surface area (Å²) in [6.07, 6.45) is -0.711. The van der Waals surface area contributed by atoms with Gasteiger partial charge in [-0.25, -0.2) is 0 Å². The number of methoxy groups -OCH3 is 1. The van der Waals surface area contributed by atoms with Crippen LogP contribution in [0, 0.1) is 0 Å². The molecule has 2 atom stereocenters. The molecule has 0 fully saturated rings. The van der Waals surface area contributed by atoms with Crippen LogP contribution in [0.3, 0.4) is 0 Å². The molecule has 0 radical (unpaired) electrons. The zero-order chi connectivity index (χ0) is 14.7. The minimum atomic E-state index is -0.711. The fraction of sp³-hybridized carbons (Fsp3) is 0.250. The number of rotatable bonds is 4. The van der Waals surface area contributed by atoms with Crippen LogP contribution in [0.1, 0.15) is 30.1 Å². The fourth-order valence-corrected chi connectivity index (χ4v) is 2.54. The molecular formula is C16H17BrO3. The van der Waals surface area contributed by atoms with E-state index in [0.29, 0.717) is 11.3 Å². The van der Waals surface area contributed by atoms with Gasteiger partial charge in [-0.05, 0) is 35.4 Å². The van der Waals surface area contributed by atoms with Crippen LogP contribution in [0.15, 0.2) is 46.9 Å². The molecule has 4 heteroatoms. The van der Waals surface area contributed by atoms with Crippen molar-refractivity contribution < 1.29 is 14.9 Å². The van der Waals surface area contributed by atoms with Gasteiger partial charge >= 0.3 is 0 Å². The lowest BCUT2D eigenvalue weighted by molar-refractivity contribution is 0.150. The standard InChI is InChI=1S/C16H17BrO3/c1-10(14-7-6-12(17)9-15(14)18)16(19)11-4-3-5-13(8-11)20-2/h3-10,16,18-19H,1-2H3/t10-,16+/m0/s1. The van der Waals surface area contributed by atoms with Gasteiger partial charge in [0.25, 0.3) is 0 Å². The topological polar surface area (TPSA) is 49.7 Å². The zero-order valence-corrected chi connectivity index (χ0v) is 13.0. The number of benzene rings is 2. The van der Waals surface area contributed by atoms with Crippen molar-refractivity contribution >= 4 is 15.9 Å². The number of ether oxygens (including phenoxy) is 1. The molecule has 0 spiro atoms. The van der Waals surface area contributed by atoms with Gasteiger partial charge in [0.15, 0.2) is 0 Å². The maximum atomic E-state index is 10.5. The SMILES string of the molecule is COc1cccc([C@H](O)[C@@H](C)c2ccc(Br)cc2O)c1. The Morgan fingerprint density at radius 1 is 1.15 bits per heavy atom. The Morgan fingerprint density at radius 3 is 2.55 bits per heavy atom. The van der Waals surface area contributed by atoms with Crippen molar-refractivity contribution in [3.8, 4) is 11.5 Å². The van der Waals surface area contributed by atoms with Crippen LogP contribution in [0.5, 0.6) is 11.5 Å². The Hall–Kier alpha value is -1.52. The van der Waals surface area contributed by atoms with E-state index in [1.54, 1.807) is 19.2 Å². The number of hydrogen-bond donors (Lipinski definition) is 2. The van der Waals surface area contributed by atoms with Gasteiger partial charge in [0.05, 0.1) is 13.2 Å². The number of aromatic hydroxyl groups is 1. The molecule has 2 aromatic carbocycles. The van der Waals surface area contributed by atoms with Gasteiger partial charge in [-0.15, -0.1) is 0 Å². The highest BCUT2D eigenvalue weighted by molar-refractivity contribution is 9.10. The average molecular weight is 337 g/mol. The molecule has 3 nitrogen and oxygen atoms in total. The first-order valence-corrected chi connectivity index (χ1v) is 7.12. The second kappa shape index (κ2) is 6.29. The first kappa shape index (κ1) is 14.9. The summed E-state index contributed by atoms with van der Waals surface area (Å²) < 4.78 is 5.97. The third kappa shape index (κ3) is 3.14. The largest absolute Gasteiger partial charge is 0.508 e. The molecule has 0 aromatic heterocycles. The lowest BCUT2D eigenvalue weighted by Gasteiger charge is -2.21. The first-order valence-electron chi connectivity index (χ1n) is 6.33. The van der Waals surface area contributed by atoms with E-state index in [2.05, 4.69) is 15.9 Å². The molecule has 0 bridgehead atoms. The van der Waals surface area contributed by atoms with E-state index in [1.165, 1.54) is 0 Å². The number of hydrogen-bond acceptors (Lipinski definition) is 3. The number of phenols is 1. The molecule has 2 aromatic rings. The van der Waals surface area contributed by atoms with Gasteiger partial charge < -0.3 is 14.9 Å². The van der Waals surface area contributed by atoms with E-state index in [-0.39, 0.29) is 11.7 Å². The number of aliphatic hydroxyl groups is 1. The molecule has 0 aliphatic heterocycles. The van der Waals surface area contributed by atoms with Crippen molar-refractivity contribution in [2.75, 3.05) is 7.11 Å². The van der Waals surface area contributed by atoms with Crippen LogP contribution in [0.4, 0.5) is 0 Å². The van der Waals surface area contributed by atoms with Crippen molar-refractivity contribution in [2.45, 2.75) is 18.9 Å². The minimum Gasteiger partial charge on any atom is -0.508 e. The van der Waals surface area contributed by atoms with Crippen molar-refractivity contribution in [3.05, 3.63) is 58.1 Å². The molecule has 0 heterocycles. The van der Waals surface area contributed by atoms with Gasteiger partial charge in [0, 0.05) is 10.4 Å². The highest BCUT2D eigenvalue weighted by Crippen LogP contribution is 2.37. The molecule has 0 aliphatic carbocycles. The van der Waals surface area contributed by atoms with Crippen LogP contribution in [0.2, 0.25) is 0 Å². The van der Waals surface area contributed by atoms with Crippen LogP contribution in [-0.2, 0) is 0 Å². The molecule has 2 N–H and O–H groups in total. The fourth-order valence-electron chi connectivity index (χ4n) is 2.19. The summed E-state index contributed by atoms with van der Waals surface area (Å²) in [5, 5.41) is 20.5. The van der Waals surface area contributed by atoms with Gasteiger partial charge in [0.1, 0.15) is 11.5 Å². The molecule has 20 heavy (non-hydrogen) atoms. The van der Waals surface area contributed by atoms with Crippen LogP contribution < -0.4 is 4.74 Å². The molecule has 0 unspecified atom stereocenters. The minimum absolute atomic E-state index is 0.175. The third-order valence-corrected chi connectivity index (χ3v) is 3.89. The van der Waals surface area contributed by atoms with E-state index in [1.807, 2.05) is 37.3 Å². The number of aliphatic hydroxyl groups excluding tert-OH is 1. The lowest BCUT2D eigenvalue weighted by atomic mass is 9.90. The Bertz CT molecular complexity index is 598. The number of phenolic OH excluding ortho intramolecular Hbond substituents is 1. The van der Waals surface area contributed by atoms with E-state index in [9.17, 15) is 10.2 Å². The Kier molecular flexibility index (Phi) is 4.68. The average Bonchev–Trinajstić information content (AvgIpc) is 2.46. The normalized spacial score (nSPS) is 13.8. The predicted molar refractivity (Wildman–Crippen MR) is 82.2 cm³/mol. The maximum Gasteiger partial charge on any atom is 0.120 e. The highest BCUT2D eigenvalue weighted by atomic mass is 79.9. The second-order valence-corrected chi connectivity index (χ2v) is 5.63. The second-order valence-electron chi connectivity index (χ2n) is 4.71. The zero-order valence-electron chi connectivity index (χ0n) is 11.4. The first-order chi connectivity index (χ1) is 9.52. The van der Waals surface area contributed by atoms with Crippen molar-refractivity contribution in [2.24, 2.45) is 0 Å². The molecule has 0 aliphatic rings. The van der Waals surface area contributed by atoms with E-state index in [0.717, 1.165) is 10.0 Å². The Balaban J connectivity index is 2.29. The molecular weight excluding hydrogens is 320 g/mol. The molecule has 0 amide bonds. The van der Waals surface area contributed by atoms with Crippen LogP contribution in [-0.4, -0.2) is 17.3 Å². The van der Waals surface area contributed by atoms with Crippen molar-refractivity contribution in [3.63, 3.8) is 0 Å². The molecule has 0 saturated carbocycles. The van der Waals surface area contributed by atoms with Gasteiger partial charge in [0.2, 0.25) is 0 Å². The van der Waals surface area contributed by atoms with E-state index < -0.39 is 6.10 Å². The van der Waals surface area contributed by atoms with Crippen LogP contribution >= 0.6 is 15.9 Å². The van der Waals surface area contributed by atoms with Crippen molar-refractivity contribution in [1.29, 1.82) is 0 Å². The van der Waals surface area contributed by atoms with E-state index >= 15 is 0 Å². The van der Waals surface area contributed by atoms with Crippen molar-refractivity contribution in [1.82, 2.24) is 0 Å². The summed E-state index contributed by atoms with van der Waals surface area (Å²) in [6.45, 7) is 1.88. The van der Waals surface area contributed by atoms with E-state index in [4.69, 9.17) is 4.74 Å². The van der Waals surface area contributed by atoms with Gasteiger partial charge in [-0.3, -0.25) is 0 Å². The summed E-state index contributed by atoms with van der Waals surface area (Å²) in [6, 6.07) is 12.6. The maximum absolute atomic E-state index is 10.5. The number of halogens is 1. The Labute approximate surface area is 127 Å².